The predicted molar refractivity (Wildman–Crippen MR) is 86.1 cm³/mol. The summed E-state index contributed by atoms with van der Waals surface area (Å²) in [5.41, 5.74) is -2.07. The molecule has 0 saturated heterocycles. The van der Waals surface area contributed by atoms with Crippen LogP contribution in [-0.2, 0) is 6.18 Å². The summed E-state index contributed by atoms with van der Waals surface area (Å²) in [7, 11) is 1.13. The minimum Gasteiger partial charge on any atom is -0.493 e. The smallest absolute Gasteiger partial charge is 0.493 e. The number of alkyl halides is 6. The molecule has 0 atom stereocenters. The Morgan fingerprint density at radius 1 is 0.964 bits per heavy atom. The normalized spacial score (nSPS) is 11.9. The van der Waals surface area contributed by atoms with Crippen LogP contribution in [0.15, 0.2) is 30.3 Å². The summed E-state index contributed by atoms with van der Waals surface area (Å²) in [5, 5.41) is -1.20. The lowest BCUT2D eigenvalue weighted by molar-refractivity contribution is -0.274. The molecule has 2 aromatic rings. The van der Waals surface area contributed by atoms with Gasteiger partial charge in [0, 0.05) is 6.07 Å². The summed E-state index contributed by atoms with van der Waals surface area (Å²) in [6.07, 6.45) is -9.66. The van der Waals surface area contributed by atoms with E-state index in [1.165, 1.54) is 0 Å². The van der Waals surface area contributed by atoms with Crippen LogP contribution in [0.1, 0.15) is 21.5 Å². The van der Waals surface area contributed by atoms with Crippen LogP contribution >= 0.6 is 11.6 Å². The zero-order chi connectivity index (χ0) is 21.3. The zero-order valence-corrected chi connectivity index (χ0v) is 14.9. The first-order valence-electron chi connectivity index (χ1n) is 7.35. The number of ether oxygens (including phenoxy) is 3. The molecule has 0 unspecified atom stereocenters. The van der Waals surface area contributed by atoms with Crippen molar-refractivity contribution in [1.29, 1.82) is 0 Å². The van der Waals surface area contributed by atoms with Crippen molar-refractivity contribution >= 4 is 16.8 Å². The second kappa shape index (κ2) is 7.78. The van der Waals surface area contributed by atoms with Crippen LogP contribution < -0.4 is 14.2 Å². The highest BCUT2D eigenvalue weighted by atomic mass is 35.5. The fourth-order valence-electron chi connectivity index (χ4n) is 2.37. The average Bonchev–Trinajstić information content (AvgIpc) is 2.53. The largest absolute Gasteiger partial charge is 0.573 e. The van der Waals surface area contributed by atoms with Crippen molar-refractivity contribution in [2.24, 2.45) is 0 Å². The molecule has 0 spiro atoms. The van der Waals surface area contributed by atoms with Gasteiger partial charge < -0.3 is 14.2 Å². The summed E-state index contributed by atoms with van der Waals surface area (Å²) in [5.74, 6) is -1.31. The SMILES string of the molecule is COc1cc(OC(F)(F)F)ccc1Oc1ccc(C(F)(F)F)c(C)c1C(=O)Cl. The number of hydrogen-bond acceptors (Lipinski definition) is 4. The summed E-state index contributed by atoms with van der Waals surface area (Å²) >= 11 is 5.41. The second-order valence-corrected chi connectivity index (χ2v) is 5.69. The summed E-state index contributed by atoms with van der Waals surface area (Å²) in [6, 6.07) is 4.38. The molecule has 0 saturated carbocycles. The predicted octanol–water partition coefficient (Wildman–Crippen LogP) is 6.09. The van der Waals surface area contributed by atoms with E-state index in [0.29, 0.717) is 6.07 Å². The van der Waals surface area contributed by atoms with Gasteiger partial charge in [0.05, 0.1) is 18.2 Å². The minimum absolute atomic E-state index is 0.171. The van der Waals surface area contributed by atoms with Gasteiger partial charge in [0.15, 0.2) is 11.5 Å². The first-order chi connectivity index (χ1) is 12.8. The van der Waals surface area contributed by atoms with Gasteiger partial charge in [0.25, 0.3) is 5.24 Å². The molecule has 0 aliphatic heterocycles. The molecule has 0 bridgehead atoms. The van der Waals surface area contributed by atoms with Gasteiger partial charge in [0.2, 0.25) is 0 Å². The Labute approximate surface area is 159 Å². The van der Waals surface area contributed by atoms with Crippen molar-refractivity contribution in [2.75, 3.05) is 7.11 Å². The molecule has 0 radical (unpaired) electrons. The third kappa shape index (κ3) is 5.00. The Balaban J connectivity index is 2.48. The molecule has 0 aliphatic rings. The van der Waals surface area contributed by atoms with Crippen molar-refractivity contribution in [1.82, 2.24) is 0 Å². The van der Waals surface area contributed by atoms with E-state index in [1.807, 2.05) is 0 Å². The third-order valence-electron chi connectivity index (χ3n) is 3.52. The number of halogens is 7. The Bertz CT molecular complexity index is 892. The van der Waals surface area contributed by atoms with Crippen LogP contribution in [0, 0.1) is 6.92 Å². The molecule has 152 valence electrons. The van der Waals surface area contributed by atoms with Gasteiger partial charge in [-0.05, 0) is 48.4 Å². The molecule has 4 nitrogen and oxygen atoms in total. The number of benzene rings is 2. The number of hydrogen-bond donors (Lipinski definition) is 0. The fourth-order valence-corrected chi connectivity index (χ4v) is 2.61. The molecule has 28 heavy (non-hydrogen) atoms. The van der Waals surface area contributed by atoms with Gasteiger partial charge in [-0.15, -0.1) is 13.2 Å². The van der Waals surface area contributed by atoms with E-state index >= 15 is 0 Å². The number of carbonyl (C=O) groups excluding carboxylic acids is 1. The van der Waals surface area contributed by atoms with E-state index in [1.54, 1.807) is 0 Å². The van der Waals surface area contributed by atoms with Gasteiger partial charge in [-0.2, -0.15) is 13.2 Å². The minimum atomic E-state index is -4.93. The maximum absolute atomic E-state index is 13.0. The van der Waals surface area contributed by atoms with Gasteiger partial charge in [-0.1, -0.05) is 0 Å². The van der Waals surface area contributed by atoms with E-state index in [-0.39, 0.29) is 17.2 Å². The molecule has 0 aliphatic carbocycles. The van der Waals surface area contributed by atoms with E-state index in [9.17, 15) is 31.1 Å². The van der Waals surface area contributed by atoms with Gasteiger partial charge in [-0.25, -0.2) is 0 Å². The Morgan fingerprint density at radius 3 is 2.07 bits per heavy atom. The molecule has 0 amide bonds. The van der Waals surface area contributed by atoms with Crippen LogP contribution in [0.5, 0.6) is 23.0 Å². The standard InChI is InChI=1S/C17H11ClF6O4/c1-8-10(16(19,20)21)4-6-12(14(8)15(18)25)27-11-5-3-9(7-13(11)26-2)28-17(22,23)24/h3-7H,1-2H3. The van der Waals surface area contributed by atoms with E-state index in [0.717, 1.165) is 38.3 Å². The first-order valence-corrected chi connectivity index (χ1v) is 7.73. The van der Waals surface area contributed by atoms with Crippen molar-refractivity contribution < 1.29 is 45.3 Å². The highest BCUT2D eigenvalue weighted by Gasteiger charge is 2.35. The molecular weight excluding hydrogens is 418 g/mol. The van der Waals surface area contributed by atoms with Crippen LogP contribution in [-0.4, -0.2) is 18.7 Å². The zero-order valence-electron chi connectivity index (χ0n) is 14.2. The third-order valence-corrected chi connectivity index (χ3v) is 3.71. The van der Waals surface area contributed by atoms with Crippen molar-refractivity contribution in [2.45, 2.75) is 19.5 Å². The van der Waals surface area contributed by atoms with E-state index < -0.39 is 40.2 Å². The lowest BCUT2D eigenvalue weighted by atomic mass is 10.0. The van der Waals surface area contributed by atoms with E-state index in [4.69, 9.17) is 21.1 Å². The maximum Gasteiger partial charge on any atom is 0.573 e. The summed E-state index contributed by atoms with van der Waals surface area (Å²) < 4.78 is 90.1. The Kier molecular flexibility index (Phi) is 6.03. The monoisotopic (exact) mass is 428 g/mol. The lowest BCUT2D eigenvalue weighted by Crippen LogP contribution is -2.17. The van der Waals surface area contributed by atoms with Gasteiger partial charge >= 0.3 is 12.5 Å². The molecule has 2 rings (SSSR count). The molecule has 11 heteroatoms. The highest BCUT2D eigenvalue weighted by molar-refractivity contribution is 6.68. The molecule has 2 aromatic carbocycles. The second-order valence-electron chi connectivity index (χ2n) is 5.35. The highest BCUT2D eigenvalue weighted by Crippen LogP contribution is 2.41. The Morgan fingerprint density at radius 2 is 1.57 bits per heavy atom. The Hall–Kier alpha value is -2.62. The maximum atomic E-state index is 13.0. The topological polar surface area (TPSA) is 44.8 Å². The van der Waals surface area contributed by atoms with Crippen molar-refractivity contribution in [3.05, 3.63) is 47.0 Å². The van der Waals surface area contributed by atoms with Crippen LogP contribution in [0.25, 0.3) is 0 Å². The summed E-state index contributed by atoms with van der Waals surface area (Å²) in [6.45, 7) is 1.04. The molecule has 0 N–H and O–H groups in total. The summed E-state index contributed by atoms with van der Waals surface area (Å²) in [4.78, 5) is 11.7. The molecule has 0 heterocycles. The van der Waals surface area contributed by atoms with E-state index in [2.05, 4.69) is 4.74 Å². The quantitative estimate of drug-likeness (QED) is 0.427. The first kappa shape index (κ1) is 21.7. The van der Waals surface area contributed by atoms with Crippen LogP contribution in [0.2, 0.25) is 0 Å². The van der Waals surface area contributed by atoms with Crippen molar-refractivity contribution in [3.63, 3.8) is 0 Å². The average molecular weight is 429 g/mol. The number of rotatable bonds is 5. The fraction of sp³-hybridized carbons (Fsp3) is 0.235. The van der Waals surface area contributed by atoms with Crippen LogP contribution in [0.4, 0.5) is 26.3 Å². The number of carbonyl (C=O) groups is 1. The molecule has 0 aromatic heterocycles. The van der Waals surface area contributed by atoms with Gasteiger partial charge in [-0.3, -0.25) is 4.79 Å². The van der Waals surface area contributed by atoms with Gasteiger partial charge in [0.1, 0.15) is 11.5 Å². The lowest BCUT2D eigenvalue weighted by Gasteiger charge is -2.18. The molecular formula is C17H11ClF6O4. The number of methoxy groups -OCH3 is 1. The van der Waals surface area contributed by atoms with Crippen molar-refractivity contribution in [3.8, 4) is 23.0 Å². The van der Waals surface area contributed by atoms with Crippen LogP contribution in [0.3, 0.4) is 0 Å². The molecule has 0 fully saturated rings.